The molecule has 0 spiro atoms. The number of hydrogen-bond donors (Lipinski definition) is 1. The van der Waals surface area contributed by atoms with Crippen LogP contribution in [0.2, 0.25) is 0 Å². The van der Waals surface area contributed by atoms with E-state index in [1.54, 1.807) is 23.9 Å². The van der Waals surface area contributed by atoms with E-state index in [4.69, 9.17) is 0 Å². The molecule has 1 heterocycles. The molecule has 4 rings (SSSR count). The van der Waals surface area contributed by atoms with Crippen molar-refractivity contribution in [3.05, 3.63) is 39.9 Å². The van der Waals surface area contributed by atoms with Gasteiger partial charge in [-0.1, -0.05) is 44.2 Å². The van der Waals surface area contributed by atoms with E-state index < -0.39 is 10.5 Å². The Morgan fingerprint density at radius 2 is 1.84 bits per heavy atom. The number of non-ortho nitro benzene ring substituents is 1. The number of fused-ring (bicyclic) bond motifs is 1. The van der Waals surface area contributed by atoms with Gasteiger partial charge in [-0.3, -0.25) is 19.7 Å². The van der Waals surface area contributed by atoms with Crippen molar-refractivity contribution in [3.8, 4) is 0 Å². The highest BCUT2D eigenvalue weighted by atomic mass is 32.2. The van der Waals surface area contributed by atoms with Crippen LogP contribution in [-0.2, 0) is 16.1 Å². The largest absolute Gasteiger partial charge is 0.351 e. The molecule has 1 saturated heterocycles. The Balaban J connectivity index is 1.65. The third kappa shape index (κ3) is 4.59. The Labute approximate surface area is 187 Å². The number of benzene rings is 1. The van der Waals surface area contributed by atoms with Crippen molar-refractivity contribution in [2.75, 3.05) is 5.75 Å². The Hall–Kier alpha value is -2.09. The topological polar surface area (TPSA) is 92.6 Å². The molecule has 2 aliphatic carbocycles. The van der Waals surface area contributed by atoms with Crippen molar-refractivity contribution in [1.82, 2.24) is 10.2 Å². The minimum absolute atomic E-state index is 0.00811. The summed E-state index contributed by atoms with van der Waals surface area (Å²) < 4.78 is 0. The standard InChI is InChI=1S/C23H31N3O4S/c27-21-13-15-31-20-8-4-5-14-23(20,22(28)24-18-6-2-1-3-7-18)25(21)16-17-9-11-19(12-10-17)26(29)30/h9-12,18,20H,1-8,13-16H2,(H,24,28)/t20-,23+/m1/s1. The van der Waals surface area contributed by atoms with Gasteiger partial charge in [0.1, 0.15) is 5.54 Å². The van der Waals surface area contributed by atoms with E-state index in [-0.39, 0.29) is 28.8 Å². The summed E-state index contributed by atoms with van der Waals surface area (Å²) in [5.74, 6) is 0.751. The summed E-state index contributed by atoms with van der Waals surface area (Å²) in [4.78, 5) is 39.5. The van der Waals surface area contributed by atoms with Gasteiger partial charge in [-0.2, -0.15) is 11.8 Å². The molecule has 2 saturated carbocycles. The number of nitrogens with zero attached hydrogens (tertiary/aromatic N) is 2. The third-order valence-electron chi connectivity index (χ3n) is 7.05. The third-order valence-corrected chi connectivity index (χ3v) is 8.51. The molecule has 0 bridgehead atoms. The number of thioether (sulfide) groups is 1. The lowest BCUT2D eigenvalue weighted by molar-refractivity contribution is -0.384. The van der Waals surface area contributed by atoms with E-state index in [0.717, 1.165) is 56.3 Å². The zero-order valence-corrected chi connectivity index (χ0v) is 18.7. The van der Waals surface area contributed by atoms with Gasteiger partial charge in [-0.05, 0) is 31.2 Å². The van der Waals surface area contributed by atoms with Gasteiger partial charge in [0.25, 0.3) is 5.69 Å². The number of nitro benzene ring substituents is 1. The minimum Gasteiger partial charge on any atom is -0.351 e. The first-order valence-electron chi connectivity index (χ1n) is 11.5. The molecule has 8 heteroatoms. The van der Waals surface area contributed by atoms with Crippen molar-refractivity contribution in [2.24, 2.45) is 0 Å². The van der Waals surface area contributed by atoms with Gasteiger partial charge >= 0.3 is 0 Å². The lowest BCUT2D eigenvalue weighted by Gasteiger charge is -2.49. The number of rotatable bonds is 5. The number of nitro groups is 1. The molecule has 7 nitrogen and oxygen atoms in total. The molecule has 31 heavy (non-hydrogen) atoms. The van der Waals surface area contributed by atoms with Crippen LogP contribution in [0.4, 0.5) is 5.69 Å². The van der Waals surface area contributed by atoms with Crippen LogP contribution >= 0.6 is 11.8 Å². The van der Waals surface area contributed by atoms with Gasteiger partial charge in [0, 0.05) is 42.1 Å². The average molecular weight is 446 g/mol. The van der Waals surface area contributed by atoms with Crippen LogP contribution in [0.15, 0.2) is 24.3 Å². The van der Waals surface area contributed by atoms with E-state index >= 15 is 0 Å². The number of hydrogen-bond acceptors (Lipinski definition) is 5. The lowest BCUT2D eigenvalue weighted by Crippen LogP contribution is -2.66. The highest BCUT2D eigenvalue weighted by molar-refractivity contribution is 8.00. The van der Waals surface area contributed by atoms with Crippen LogP contribution in [0.1, 0.15) is 69.8 Å². The zero-order chi connectivity index (χ0) is 21.8. The summed E-state index contributed by atoms with van der Waals surface area (Å²) >= 11 is 1.77. The lowest BCUT2D eigenvalue weighted by atomic mass is 9.77. The van der Waals surface area contributed by atoms with Gasteiger partial charge in [0.2, 0.25) is 11.8 Å². The fourth-order valence-corrected chi connectivity index (χ4v) is 6.91. The smallest absolute Gasteiger partial charge is 0.269 e. The van der Waals surface area contributed by atoms with Crippen LogP contribution in [0.25, 0.3) is 0 Å². The number of amides is 2. The van der Waals surface area contributed by atoms with Crippen molar-refractivity contribution < 1.29 is 14.5 Å². The molecule has 168 valence electrons. The van der Waals surface area contributed by atoms with Crippen LogP contribution in [0.3, 0.4) is 0 Å². The van der Waals surface area contributed by atoms with E-state index in [2.05, 4.69) is 5.32 Å². The molecular formula is C23H31N3O4S. The Morgan fingerprint density at radius 3 is 2.55 bits per heavy atom. The highest BCUT2D eigenvalue weighted by Gasteiger charge is 2.54. The fraction of sp³-hybridized carbons (Fsp3) is 0.652. The summed E-state index contributed by atoms with van der Waals surface area (Å²) in [5.41, 5.74) is 0.0113. The van der Waals surface area contributed by atoms with E-state index in [1.165, 1.54) is 18.6 Å². The number of carbonyl (C=O) groups is 2. The van der Waals surface area contributed by atoms with Crippen molar-refractivity contribution in [1.29, 1.82) is 0 Å². The summed E-state index contributed by atoms with van der Waals surface area (Å²) in [6, 6.07) is 6.55. The van der Waals surface area contributed by atoms with Crippen molar-refractivity contribution >= 4 is 29.3 Å². The predicted molar refractivity (Wildman–Crippen MR) is 121 cm³/mol. The Kier molecular flexibility index (Phi) is 6.84. The highest BCUT2D eigenvalue weighted by Crippen LogP contribution is 2.44. The maximum absolute atomic E-state index is 13.9. The normalized spacial score (nSPS) is 27.3. The van der Waals surface area contributed by atoms with Crippen LogP contribution in [0, 0.1) is 10.1 Å². The molecule has 1 N–H and O–H groups in total. The summed E-state index contributed by atoms with van der Waals surface area (Å²) in [5, 5.41) is 14.4. The first-order valence-corrected chi connectivity index (χ1v) is 12.5. The molecule has 3 fully saturated rings. The molecule has 0 aromatic heterocycles. The Morgan fingerprint density at radius 1 is 1.13 bits per heavy atom. The molecule has 3 aliphatic rings. The minimum atomic E-state index is -0.838. The molecule has 1 aliphatic heterocycles. The van der Waals surface area contributed by atoms with Crippen LogP contribution in [-0.4, -0.2) is 44.2 Å². The van der Waals surface area contributed by atoms with Gasteiger partial charge in [0.15, 0.2) is 0 Å². The van der Waals surface area contributed by atoms with E-state index in [1.807, 2.05) is 4.90 Å². The molecule has 2 atom stereocenters. The van der Waals surface area contributed by atoms with E-state index in [9.17, 15) is 19.7 Å². The average Bonchev–Trinajstić information content (AvgIpc) is 2.92. The van der Waals surface area contributed by atoms with E-state index in [0.29, 0.717) is 19.4 Å². The SMILES string of the molecule is O=C1CCS[C@@H]2CCCC[C@]2(C(=O)NC2CCCCC2)N1Cc1ccc([N+](=O)[O-])cc1. The van der Waals surface area contributed by atoms with Gasteiger partial charge in [-0.25, -0.2) is 0 Å². The molecular weight excluding hydrogens is 414 g/mol. The summed E-state index contributed by atoms with van der Waals surface area (Å²) in [7, 11) is 0. The monoisotopic (exact) mass is 445 g/mol. The summed E-state index contributed by atoms with van der Waals surface area (Å²) in [6.45, 7) is 0.311. The van der Waals surface area contributed by atoms with Gasteiger partial charge in [0.05, 0.1) is 4.92 Å². The molecule has 1 aromatic rings. The zero-order valence-electron chi connectivity index (χ0n) is 17.9. The fourth-order valence-electron chi connectivity index (χ4n) is 5.37. The second kappa shape index (κ2) is 9.59. The van der Waals surface area contributed by atoms with Crippen molar-refractivity contribution in [2.45, 2.75) is 87.6 Å². The van der Waals surface area contributed by atoms with Gasteiger partial charge in [-0.15, -0.1) is 0 Å². The second-order valence-corrected chi connectivity index (χ2v) is 10.3. The molecule has 0 unspecified atom stereocenters. The second-order valence-electron chi connectivity index (χ2n) is 8.99. The molecule has 0 radical (unpaired) electrons. The van der Waals surface area contributed by atoms with Crippen molar-refractivity contribution in [3.63, 3.8) is 0 Å². The summed E-state index contributed by atoms with van der Waals surface area (Å²) in [6.07, 6.45) is 9.58. The maximum atomic E-state index is 13.9. The number of carbonyl (C=O) groups excluding carboxylic acids is 2. The van der Waals surface area contributed by atoms with Gasteiger partial charge < -0.3 is 10.2 Å². The quantitative estimate of drug-likeness (QED) is 0.542. The van der Waals surface area contributed by atoms with Crippen LogP contribution < -0.4 is 5.32 Å². The molecule has 2 amide bonds. The van der Waals surface area contributed by atoms with Crippen LogP contribution in [0.5, 0.6) is 0 Å². The first kappa shape index (κ1) is 22.1. The first-order chi connectivity index (χ1) is 15.0. The molecule has 1 aromatic carbocycles. The maximum Gasteiger partial charge on any atom is 0.269 e. The predicted octanol–water partition coefficient (Wildman–Crippen LogP) is 4.19. The number of nitrogens with one attached hydrogen (secondary N) is 1. The Bertz CT molecular complexity index is 825.